The lowest BCUT2D eigenvalue weighted by Crippen LogP contribution is -2.01. The first-order chi connectivity index (χ1) is 9.60. The summed E-state index contributed by atoms with van der Waals surface area (Å²) in [6.07, 6.45) is 0. The Balaban J connectivity index is 2.37. The summed E-state index contributed by atoms with van der Waals surface area (Å²) in [7, 11) is 0. The van der Waals surface area contributed by atoms with E-state index in [1.54, 1.807) is 0 Å². The molecule has 1 aromatic heterocycles. The maximum absolute atomic E-state index is 6.08. The molecule has 0 aliphatic heterocycles. The Morgan fingerprint density at radius 1 is 1.10 bits per heavy atom. The van der Waals surface area contributed by atoms with Crippen molar-refractivity contribution in [1.29, 1.82) is 0 Å². The number of fused-ring (bicyclic) bond motifs is 1. The van der Waals surface area contributed by atoms with E-state index >= 15 is 0 Å². The van der Waals surface area contributed by atoms with Crippen LogP contribution in [-0.2, 0) is 5.88 Å². The van der Waals surface area contributed by atoms with Gasteiger partial charge in [0.15, 0.2) is 0 Å². The molecule has 0 aliphatic carbocycles. The molecule has 0 aliphatic rings. The van der Waals surface area contributed by atoms with Crippen molar-refractivity contribution in [1.82, 2.24) is 9.55 Å². The van der Waals surface area contributed by atoms with Gasteiger partial charge in [0.05, 0.1) is 22.6 Å². The number of nitrogens with zero attached hydrogens (tertiary/aromatic N) is 2. The van der Waals surface area contributed by atoms with Crippen molar-refractivity contribution in [3.63, 3.8) is 0 Å². The highest BCUT2D eigenvalue weighted by molar-refractivity contribution is 9.10. The first kappa shape index (κ1) is 14.1. The van der Waals surface area contributed by atoms with Crippen LogP contribution in [0.5, 0.6) is 0 Å². The van der Waals surface area contributed by atoms with E-state index in [9.17, 15) is 0 Å². The number of rotatable bonds is 2. The number of alkyl halides is 1. The molecule has 0 N–H and O–H groups in total. The Morgan fingerprint density at radius 2 is 1.80 bits per heavy atom. The zero-order valence-electron chi connectivity index (χ0n) is 10.7. The molecule has 5 heteroatoms. The van der Waals surface area contributed by atoms with Gasteiger partial charge in [-0.05, 0) is 42.8 Å². The van der Waals surface area contributed by atoms with Crippen LogP contribution in [0.1, 0.15) is 11.4 Å². The summed E-state index contributed by atoms with van der Waals surface area (Å²) in [4.78, 5) is 4.62. The van der Waals surface area contributed by atoms with E-state index in [2.05, 4.69) is 66.5 Å². The van der Waals surface area contributed by atoms with Crippen molar-refractivity contribution >= 4 is 54.5 Å². The molecule has 0 bridgehead atoms. The standard InChI is InChI=1S/C15H11Br2ClN2/c1-9-2-3-11(17)7-14(9)20-13-5-4-10(16)6-12(13)19-15(20)8-18/h2-7H,8H2,1H3. The molecule has 0 atom stereocenters. The molecule has 0 fully saturated rings. The van der Waals surface area contributed by atoms with Crippen LogP contribution in [0.3, 0.4) is 0 Å². The summed E-state index contributed by atoms with van der Waals surface area (Å²) >= 11 is 13.1. The third kappa shape index (κ3) is 2.41. The molecule has 0 unspecified atom stereocenters. The molecule has 1 heterocycles. The number of aromatic nitrogens is 2. The Kier molecular flexibility index (Phi) is 3.89. The first-order valence-corrected chi connectivity index (χ1v) is 8.21. The lowest BCUT2D eigenvalue weighted by molar-refractivity contribution is 0.971. The van der Waals surface area contributed by atoms with E-state index in [4.69, 9.17) is 11.6 Å². The molecule has 102 valence electrons. The van der Waals surface area contributed by atoms with E-state index < -0.39 is 0 Å². The molecule has 0 amide bonds. The normalized spacial score (nSPS) is 11.2. The molecule has 3 aromatic rings. The van der Waals surface area contributed by atoms with Crippen molar-refractivity contribution in [2.75, 3.05) is 0 Å². The van der Waals surface area contributed by atoms with E-state index in [1.165, 1.54) is 5.56 Å². The molecular weight excluding hydrogens is 403 g/mol. The zero-order valence-corrected chi connectivity index (χ0v) is 14.6. The minimum atomic E-state index is 0.373. The van der Waals surface area contributed by atoms with Crippen molar-refractivity contribution in [2.45, 2.75) is 12.8 Å². The second kappa shape index (κ2) is 5.51. The number of aryl methyl sites for hydroxylation is 1. The summed E-state index contributed by atoms with van der Waals surface area (Å²) in [6, 6.07) is 12.3. The number of hydrogen-bond donors (Lipinski definition) is 0. The van der Waals surface area contributed by atoms with E-state index in [0.29, 0.717) is 5.88 Å². The summed E-state index contributed by atoms with van der Waals surface area (Å²) in [5.74, 6) is 1.22. The quantitative estimate of drug-likeness (QED) is 0.499. The highest BCUT2D eigenvalue weighted by atomic mass is 79.9. The van der Waals surface area contributed by atoms with Crippen LogP contribution >= 0.6 is 43.5 Å². The van der Waals surface area contributed by atoms with Gasteiger partial charge in [-0.2, -0.15) is 0 Å². The Labute approximate surface area is 139 Å². The highest BCUT2D eigenvalue weighted by Crippen LogP contribution is 2.28. The van der Waals surface area contributed by atoms with Gasteiger partial charge in [0.2, 0.25) is 0 Å². The summed E-state index contributed by atoms with van der Waals surface area (Å²) < 4.78 is 4.17. The minimum absolute atomic E-state index is 0.373. The molecule has 20 heavy (non-hydrogen) atoms. The van der Waals surface area contributed by atoms with Crippen LogP contribution in [0.4, 0.5) is 0 Å². The zero-order chi connectivity index (χ0) is 14.3. The highest BCUT2D eigenvalue weighted by Gasteiger charge is 2.13. The van der Waals surface area contributed by atoms with Crippen LogP contribution in [0, 0.1) is 6.92 Å². The minimum Gasteiger partial charge on any atom is -0.295 e. The van der Waals surface area contributed by atoms with Crippen molar-refractivity contribution in [3.8, 4) is 5.69 Å². The van der Waals surface area contributed by atoms with Gasteiger partial charge in [0.1, 0.15) is 5.82 Å². The molecule has 0 spiro atoms. The fraction of sp³-hybridized carbons (Fsp3) is 0.133. The van der Waals surface area contributed by atoms with E-state index in [0.717, 1.165) is 31.5 Å². The lowest BCUT2D eigenvalue weighted by Gasteiger charge is -2.11. The second-order valence-corrected chi connectivity index (χ2v) is 6.66. The number of hydrogen-bond acceptors (Lipinski definition) is 1. The molecular formula is C15H11Br2ClN2. The topological polar surface area (TPSA) is 17.8 Å². The van der Waals surface area contributed by atoms with Crippen LogP contribution in [-0.4, -0.2) is 9.55 Å². The van der Waals surface area contributed by atoms with Gasteiger partial charge in [0.25, 0.3) is 0 Å². The van der Waals surface area contributed by atoms with Crippen molar-refractivity contribution < 1.29 is 0 Å². The molecule has 3 rings (SSSR count). The maximum atomic E-state index is 6.08. The number of imidazole rings is 1. The average molecular weight is 415 g/mol. The van der Waals surface area contributed by atoms with Crippen molar-refractivity contribution in [2.24, 2.45) is 0 Å². The predicted octanol–water partition coefficient (Wildman–Crippen LogP) is 5.60. The van der Waals surface area contributed by atoms with E-state index in [-0.39, 0.29) is 0 Å². The number of benzene rings is 2. The van der Waals surface area contributed by atoms with Gasteiger partial charge in [-0.15, -0.1) is 11.6 Å². The third-order valence-corrected chi connectivity index (χ3v) is 4.44. The van der Waals surface area contributed by atoms with Crippen LogP contribution in [0.2, 0.25) is 0 Å². The lowest BCUT2D eigenvalue weighted by atomic mass is 10.2. The second-order valence-electron chi connectivity index (χ2n) is 4.56. The predicted molar refractivity (Wildman–Crippen MR) is 90.8 cm³/mol. The summed E-state index contributed by atoms with van der Waals surface area (Å²) in [5.41, 5.74) is 4.28. The van der Waals surface area contributed by atoms with Gasteiger partial charge in [-0.1, -0.05) is 37.9 Å². The van der Waals surface area contributed by atoms with Crippen LogP contribution in [0.15, 0.2) is 45.3 Å². The summed E-state index contributed by atoms with van der Waals surface area (Å²) in [6.45, 7) is 2.09. The molecule has 2 nitrogen and oxygen atoms in total. The van der Waals surface area contributed by atoms with Gasteiger partial charge in [0, 0.05) is 8.95 Å². The molecule has 2 aromatic carbocycles. The Morgan fingerprint density at radius 3 is 2.55 bits per heavy atom. The van der Waals surface area contributed by atoms with Crippen molar-refractivity contribution in [3.05, 3.63) is 56.7 Å². The Bertz CT molecular complexity index is 796. The largest absolute Gasteiger partial charge is 0.295 e. The first-order valence-electron chi connectivity index (χ1n) is 6.09. The Hall–Kier alpha value is -0.840. The van der Waals surface area contributed by atoms with E-state index in [1.807, 2.05) is 18.2 Å². The van der Waals surface area contributed by atoms with Crippen LogP contribution in [0.25, 0.3) is 16.7 Å². The SMILES string of the molecule is Cc1ccc(Br)cc1-n1c(CCl)nc2cc(Br)ccc21. The van der Waals surface area contributed by atoms with Gasteiger partial charge >= 0.3 is 0 Å². The van der Waals surface area contributed by atoms with Gasteiger partial charge < -0.3 is 0 Å². The van der Waals surface area contributed by atoms with Crippen LogP contribution < -0.4 is 0 Å². The fourth-order valence-corrected chi connectivity index (χ4v) is 3.16. The molecule has 0 saturated heterocycles. The average Bonchev–Trinajstić information content (AvgIpc) is 2.78. The molecule has 0 radical (unpaired) electrons. The summed E-state index contributed by atoms with van der Waals surface area (Å²) in [5, 5.41) is 0. The molecule has 0 saturated carbocycles. The monoisotopic (exact) mass is 412 g/mol. The fourth-order valence-electron chi connectivity index (χ4n) is 2.29. The smallest absolute Gasteiger partial charge is 0.129 e. The maximum Gasteiger partial charge on any atom is 0.129 e. The van der Waals surface area contributed by atoms with Gasteiger partial charge in [-0.25, -0.2) is 4.98 Å². The third-order valence-electron chi connectivity index (χ3n) is 3.22. The number of halogens is 3. The van der Waals surface area contributed by atoms with Gasteiger partial charge in [-0.3, -0.25) is 4.57 Å².